The first-order valence-electron chi connectivity index (χ1n) is 1.58. The van der Waals surface area contributed by atoms with E-state index < -0.39 is 19.8 Å². The Bertz CT molecular complexity index is 29.5. The van der Waals surface area contributed by atoms with Crippen LogP contribution in [0.2, 0.25) is 0 Å². The minimum absolute atomic E-state index is 0.611. The molecule has 0 rings (SSSR count). The summed E-state index contributed by atoms with van der Waals surface area (Å²) in [4.78, 5) is 21.7. The molecule has 0 atom stereocenters. The lowest BCUT2D eigenvalue weighted by molar-refractivity contribution is 0.368. The van der Waals surface area contributed by atoms with Gasteiger partial charge in [0.2, 0.25) is 0 Å². The van der Waals surface area contributed by atoms with Crippen molar-refractivity contribution < 1.29 is 19.2 Å². The van der Waals surface area contributed by atoms with Gasteiger partial charge in [-0.15, -0.1) is 0 Å². The first-order valence-corrected chi connectivity index (χ1v) is 4.75. The van der Waals surface area contributed by atoms with E-state index in [9.17, 15) is 4.55 Å². The molecule has 0 amide bonds. The molecule has 0 aliphatic rings. The van der Waals surface area contributed by atoms with Crippen LogP contribution in [0.3, 0.4) is 0 Å². The summed E-state index contributed by atoms with van der Waals surface area (Å²) >= 11 is -0.611. The van der Waals surface area contributed by atoms with Gasteiger partial charge in [0.15, 0.2) is 0 Å². The van der Waals surface area contributed by atoms with Crippen LogP contribution in [0, 0.1) is 0 Å². The lowest BCUT2D eigenvalue weighted by atomic mass is 11.9. The molecule has 0 unspecified atom stereocenters. The predicted molar refractivity (Wildman–Crippen MR) is 33.6 cm³/mol. The zero-order chi connectivity index (χ0) is 7.15. The molecule has 0 heterocycles. The molecule has 0 aromatic rings. The first kappa shape index (κ1) is 11.4. The molecule has 3 N–H and O–H groups in total. The van der Waals surface area contributed by atoms with E-state index in [-0.39, 0.29) is 0 Å². The van der Waals surface area contributed by atoms with Crippen LogP contribution >= 0.6 is 8.60 Å². The van der Waals surface area contributed by atoms with Gasteiger partial charge in [0, 0.05) is 0 Å². The molecule has 6 heteroatoms. The first-order chi connectivity index (χ1) is 3.46. The Kier molecular flexibility index (Phi) is 10.9. The molecule has 0 aliphatic carbocycles. The van der Waals surface area contributed by atoms with Gasteiger partial charge in [-0.1, -0.05) is 11.2 Å². The van der Waals surface area contributed by atoms with Gasteiger partial charge in [0.25, 0.3) is 0 Å². The van der Waals surface area contributed by atoms with Crippen LogP contribution in [0.5, 0.6) is 0 Å². The van der Waals surface area contributed by atoms with Gasteiger partial charge in [-0.3, -0.25) is 0 Å². The van der Waals surface area contributed by atoms with Gasteiger partial charge in [-0.25, -0.2) is 0 Å². The van der Waals surface area contributed by atoms with E-state index in [0.717, 1.165) is 0 Å². The minimum atomic E-state index is -2.62. The third-order valence-electron chi connectivity index (χ3n) is 0. The Morgan fingerprint density at radius 2 is 1.25 bits per heavy atom. The van der Waals surface area contributed by atoms with Crippen LogP contribution in [0.15, 0.2) is 0 Å². The quantitative estimate of drug-likeness (QED) is 0.319. The van der Waals surface area contributed by atoms with E-state index in [1.807, 2.05) is 0 Å². The predicted octanol–water partition coefficient (Wildman–Crippen LogP) is -0.815. The Labute approximate surface area is 52.3 Å². The smallest absolute Gasteiger partial charge is 0.324 e. The maximum atomic E-state index is 9.56. The van der Waals surface area contributed by atoms with Crippen molar-refractivity contribution in [2.75, 3.05) is 12.5 Å². The van der Waals surface area contributed by atoms with Gasteiger partial charge in [-0.2, -0.15) is 0 Å². The van der Waals surface area contributed by atoms with Crippen molar-refractivity contribution >= 4 is 19.8 Å². The lowest BCUT2D eigenvalue weighted by Gasteiger charge is -1.87. The second-order valence-corrected chi connectivity index (χ2v) is 3.03. The molecule has 52 valence electrons. The van der Waals surface area contributed by atoms with Gasteiger partial charge in [0.05, 0.1) is 12.5 Å². The standard InChI is InChI=1S/C2H6OS.H3O3P/c2*1-4(2)3/h1-2H3;1-3H. The van der Waals surface area contributed by atoms with Crippen LogP contribution in [0.4, 0.5) is 0 Å². The summed E-state index contributed by atoms with van der Waals surface area (Å²) in [7, 11) is -2.62. The molecule has 0 bridgehead atoms. The van der Waals surface area contributed by atoms with Crippen molar-refractivity contribution in [3.63, 3.8) is 0 Å². The highest BCUT2D eigenvalue weighted by Crippen LogP contribution is 2.11. The summed E-state index contributed by atoms with van der Waals surface area (Å²) in [5.41, 5.74) is 0. The van der Waals surface area contributed by atoms with Crippen molar-refractivity contribution in [1.29, 1.82) is 0 Å². The highest BCUT2D eigenvalue weighted by molar-refractivity contribution is 7.89. The molecular weight excluding hydrogens is 151 g/mol. The fourth-order valence-electron chi connectivity index (χ4n) is 0. The summed E-state index contributed by atoms with van der Waals surface area (Å²) in [6.45, 7) is 0. The maximum Gasteiger partial charge on any atom is 0.324 e. The van der Waals surface area contributed by atoms with E-state index in [1.54, 1.807) is 12.5 Å². The van der Waals surface area contributed by atoms with Crippen molar-refractivity contribution in [3.8, 4) is 0 Å². The van der Waals surface area contributed by atoms with Gasteiger partial charge < -0.3 is 19.2 Å². The van der Waals surface area contributed by atoms with Crippen LogP contribution < -0.4 is 0 Å². The normalized spacial score (nSPS) is 9.00. The Hall–Kier alpha value is 0.620. The van der Waals surface area contributed by atoms with E-state index >= 15 is 0 Å². The number of hydrogen-bond donors (Lipinski definition) is 3. The van der Waals surface area contributed by atoms with E-state index in [4.69, 9.17) is 14.7 Å². The minimum Gasteiger partial charge on any atom is -0.617 e. The van der Waals surface area contributed by atoms with Crippen molar-refractivity contribution in [3.05, 3.63) is 0 Å². The largest absolute Gasteiger partial charge is 0.617 e. The molecular formula is C2H9O4PS. The third-order valence-corrected chi connectivity index (χ3v) is 0. The fraction of sp³-hybridized carbons (Fsp3) is 1.00. The van der Waals surface area contributed by atoms with Crippen LogP contribution in [0.25, 0.3) is 0 Å². The summed E-state index contributed by atoms with van der Waals surface area (Å²) in [6, 6.07) is 0. The van der Waals surface area contributed by atoms with Crippen LogP contribution in [-0.4, -0.2) is 31.7 Å². The molecule has 0 aromatic heterocycles. The van der Waals surface area contributed by atoms with Gasteiger partial charge in [-0.05, 0) is 0 Å². The Balaban J connectivity index is 0. The van der Waals surface area contributed by atoms with Gasteiger partial charge >= 0.3 is 8.60 Å². The van der Waals surface area contributed by atoms with Crippen molar-refractivity contribution in [2.45, 2.75) is 0 Å². The fourth-order valence-corrected chi connectivity index (χ4v) is 0. The van der Waals surface area contributed by atoms with Crippen molar-refractivity contribution in [2.24, 2.45) is 0 Å². The second-order valence-electron chi connectivity index (χ2n) is 1.01. The summed E-state index contributed by atoms with van der Waals surface area (Å²) in [6.07, 6.45) is 3.28. The maximum absolute atomic E-state index is 9.56. The molecule has 4 nitrogen and oxygen atoms in total. The topological polar surface area (TPSA) is 83.8 Å². The van der Waals surface area contributed by atoms with E-state index in [0.29, 0.717) is 0 Å². The second kappa shape index (κ2) is 7.62. The average Bonchev–Trinajstić information content (AvgIpc) is 1.25. The summed E-state index contributed by atoms with van der Waals surface area (Å²) in [5, 5.41) is 0. The van der Waals surface area contributed by atoms with Crippen molar-refractivity contribution in [1.82, 2.24) is 0 Å². The molecule has 8 heavy (non-hydrogen) atoms. The third kappa shape index (κ3) is 544. The highest BCUT2D eigenvalue weighted by Gasteiger charge is 1.76. The van der Waals surface area contributed by atoms with E-state index in [2.05, 4.69) is 0 Å². The molecule has 0 aromatic carbocycles. The van der Waals surface area contributed by atoms with Crippen LogP contribution in [-0.2, 0) is 11.2 Å². The monoisotopic (exact) mass is 160 g/mol. The molecule has 0 fully saturated rings. The highest BCUT2D eigenvalue weighted by atomic mass is 32.2. The molecule has 0 spiro atoms. The summed E-state index contributed by atoms with van der Waals surface area (Å²) in [5.74, 6) is 0. The molecule has 0 saturated heterocycles. The van der Waals surface area contributed by atoms with Gasteiger partial charge in [0.1, 0.15) is 0 Å². The van der Waals surface area contributed by atoms with E-state index in [1.165, 1.54) is 0 Å². The molecule has 0 radical (unpaired) electrons. The molecule has 0 aliphatic heterocycles. The zero-order valence-corrected chi connectivity index (χ0v) is 6.32. The summed E-state index contributed by atoms with van der Waals surface area (Å²) < 4.78 is 9.56. The number of hydrogen-bond acceptors (Lipinski definition) is 4. The molecule has 0 saturated carbocycles. The Morgan fingerprint density at radius 3 is 1.25 bits per heavy atom. The SMILES string of the molecule is C[S+](C)[O-].OP(O)O. The zero-order valence-electron chi connectivity index (χ0n) is 4.61. The lowest BCUT2D eigenvalue weighted by Crippen LogP contribution is -1.86. The Morgan fingerprint density at radius 1 is 1.25 bits per heavy atom. The average molecular weight is 160 g/mol. The number of rotatable bonds is 0. The van der Waals surface area contributed by atoms with Crippen LogP contribution in [0.1, 0.15) is 0 Å².